The molecule has 0 radical (unpaired) electrons. The normalized spacial score (nSPS) is 29.2. The van der Waals surface area contributed by atoms with Crippen molar-refractivity contribution in [1.29, 1.82) is 0 Å². The van der Waals surface area contributed by atoms with Gasteiger partial charge in [0.2, 0.25) is 0 Å². The van der Waals surface area contributed by atoms with Gasteiger partial charge < -0.3 is 49.3 Å². The first kappa shape index (κ1) is 55.0. The Morgan fingerprint density at radius 1 is 0.877 bits per heavy atom. The minimum Gasteiger partial charge on any atom is -0.480 e. The van der Waals surface area contributed by atoms with E-state index in [9.17, 15) is 39.0 Å². The number of amides is 1. The fourth-order valence-electron chi connectivity index (χ4n) is 11.5. The largest absolute Gasteiger partial charge is 0.508 e. The van der Waals surface area contributed by atoms with Crippen LogP contribution < -0.4 is 10.6 Å². The molecule has 12 atom stereocenters. The predicted octanol–water partition coefficient (Wildman–Crippen LogP) is 6.93. The molecule has 392 valence electrons. The molecule has 1 saturated heterocycles. The SMILES string of the molecule is CN[C@@H](CSSCCOC(=O)O[C@H]1C[C@H]2OC[C@@]2(OC(C)=O)C2C(OC(=O)c3ccccc3)[C@]3(O)C[C@H](OC(=O)[C@H](C)[C@@H](NC(=O)c4ccccc4)c4ccccc4)C(C)=C([C@@H](C)C(=O)[C@@]21C)C3(C)C)C(=O)O. The van der Waals surface area contributed by atoms with E-state index in [0.717, 1.165) is 0 Å². The van der Waals surface area contributed by atoms with Crippen LogP contribution in [0, 0.1) is 28.6 Å². The van der Waals surface area contributed by atoms with Gasteiger partial charge in [-0.2, -0.15) is 0 Å². The lowest BCUT2D eigenvalue weighted by Gasteiger charge is -2.67. The van der Waals surface area contributed by atoms with Crippen LogP contribution in [0.15, 0.2) is 102 Å². The fraction of sp³-hybridized carbons (Fsp3) is 0.500. The van der Waals surface area contributed by atoms with Crippen molar-refractivity contribution in [2.75, 3.05) is 31.8 Å². The Balaban J connectivity index is 1.29. The summed E-state index contributed by atoms with van der Waals surface area (Å²) in [5.41, 5.74) is -5.33. The van der Waals surface area contributed by atoms with Crippen molar-refractivity contribution in [3.05, 3.63) is 119 Å². The first-order valence-corrected chi connectivity index (χ1v) is 26.7. The van der Waals surface area contributed by atoms with E-state index in [1.54, 1.807) is 121 Å². The predicted molar refractivity (Wildman–Crippen MR) is 270 cm³/mol. The summed E-state index contributed by atoms with van der Waals surface area (Å²) in [6.07, 6.45) is -7.03. The summed E-state index contributed by atoms with van der Waals surface area (Å²) in [4.78, 5) is 97.4. The van der Waals surface area contributed by atoms with E-state index in [0.29, 0.717) is 22.3 Å². The second-order valence-corrected chi connectivity index (χ2v) is 22.5. The Morgan fingerprint density at radius 3 is 2.07 bits per heavy atom. The van der Waals surface area contributed by atoms with E-state index in [1.165, 1.54) is 40.6 Å². The molecule has 1 heterocycles. The quantitative estimate of drug-likeness (QED) is 0.0332. The number of aliphatic hydroxyl groups is 1. The van der Waals surface area contributed by atoms with E-state index in [-0.39, 0.29) is 43.1 Å². The fourth-order valence-corrected chi connectivity index (χ4v) is 13.6. The highest BCUT2D eigenvalue weighted by atomic mass is 33.1. The Morgan fingerprint density at radius 2 is 1.49 bits per heavy atom. The summed E-state index contributed by atoms with van der Waals surface area (Å²) >= 11 is 0. The van der Waals surface area contributed by atoms with Crippen LogP contribution in [0.3, 0.4) is 0 Å². The average Bonchev–Trinajstić information content (AvgIpc) is 3.36. The maximum absolute atomic E-state index is 16.0. The minimum absolute atomic E-state index is 0.104. The summed E-state index contributed by atoms with van der Waals surface area (Å²) in [6.45, 7) is 10.8. The number of likely N-dealkylation sites (N-methyl/N-ethyl adjacent to an activating group) is 1. The monoisotopic (exact) mass is 1040 g/mol. The Kier molecular flexibility index (Phi) is 16.9. The average molecular weight is 1050 g/mol. The van der Waals surface area contributed by atoms with Crippen LogP contribution >= 0.6 is 21.6 Å². The van der Waals surface area contributed by atoms with E-state index < -0.39 is 118 Å². The number of hydrogen-bond donors (Lipinski definition) is 4. The summed E-state index contributed by atoms with van der Waals surface area (Å²) in [5, 5.41) is 29.1. The molecule has 0 spiro atoms. The summed E-state index contributed by atoms with van der Waals surface area (Å²) < 4.78 is 37.1. The smallest absolute Gasteiger partial charge is 0.480 e. The number of benzene rings is 3. The molecule has 1 aliphatic heterocycles. The maximum Gasteiger partial charge on any atom is 0.508 e. The van der Waals surface area contributed by atoms with Gasteiger partial charge in [0.25, 0.3) is 5.91 Å². The zero-order valence-corrected chi connectivity index (χ0v) is 43.8. The summed E-state index contributed by atoms with van der Waals surface area (Å²) in [7, 11) is 4.11. The van der Waals surface area contributed by atoms with E-state index in [4.69, 9.17) is 28.4 Å². The third-order valence-electron chi connectivity index (χ3n) is 15.4. The third kappa shape index (κ3) is 10.7. The molecule has 2 saturated carbocycles. The first-order valence-electron chi connectivity index (χ1n) is 24.3. The molecular formula is C54H64N2O15S2. The number of hydrogen-bond acceptors (Lipinski definition) is 17. The van der Waals surface area contributed by atoms with Crippen LogP contribution in [-0.2, 0) is 47.6 Å². The zero-order valence-electron chi connectivity index (χ0n) is 42.1. The van der Waals surface area contributed by atoms with Gasteiger partial charge >= 0.3 is 30.0 Å². The summed E-state index contributed by atoms with van der Waals surface area (Å²) in [6, 6.07) is 23.9. The van der Waals surface area contributed by atoms with Crippen LogP contribution in [-0.4, -0.2) is 125 Å². The second-order valence-electron chi connectivity index (χ2n) is 19.9. The van der Waals surface area contributed by atoms with Crippen LogP contribution in [0.2, 0.25) is 0 Å². The van der Waals surface area contributed by atoms with Crippen LogP contribution in [0.1, 0.15) is 93.6 Å². The van der Waals surface area contributed by atoms with Crippen LogP contribution in [0.25, 0.3) is 0 Å². The Labute approximate surface area is 432 Å². The number of aliphatic carboxylic acids is 1. The number of ether oxygens (including phenoxy) is 6. The van der Waals surface area contributed by atoms with Crippen molar-refractivity contribution >= 4 is 63.3 Å². The molecule has 3 aliphatic carbocycles. The van der Waals surface area contributed by atoms with Crippen LogP contribution in [0.5, 0.6) is 0 Å². The molecule has 3 aromatic rings. The maximum atomic E-state index is 16.0. The first-order chi connectivity index (χ1) is 34.6. The van der Waals surface area contributed by atoms with Gasteiger partial charge in [0, 0.05) is 48.2 Å². The number of nitrogens with one attached hydrogen (secondary N) is 2. The zero-order chi connectivity index (χ0) is 53.0. The molecule has 1 amide bonds. The molecule has 0 aromatic heterocycles. The highest BCUT2D eigenvalue weighted by Gasteiger charge is 2.78. The third-order valence-corrected chi connectivity index (χ3v) is 17.8. The number of esters is 3. The molecule has 3 aromatic carbocycles. The molecule has 2 bridgehead atoms. The molecule has 4 N–H and O–H groups in total. The molecule has 2 unspecified atom stereocenters. The lowest BCUT2D eigenvalue weighted by Crippen LogP contribution is -2.81. The Hall–Kier alpha value is -5.73. The van der Waals surface area contributed by atoms with Crippen molar-refractivity contribution in [3.8, 4) is 0 Å². The molecule has 4 aliphatic rings. The van der Waals surface area contributed by atoms with Gasteiger partial charge in [-0.05, 0) is 68.8 Å². The number of carboxylic acid groups (broad SMARTS) is 1. The van der Waals surface area contributed by atoms with Gasteiger partial charge in [-0.1, -0.05) is 109 Å². The standard InChI is InChI=1S/C54H64N2O15S2/c1-30-38(68-48(62)32(3)42(34-18-12-9-13-19-34)56-46(59)35-20-14-10-15-21-35)27-54(65)45(70-49(63)36-22-16-11-17-23-36)43-52(7,44(58)31(2)41(30)51(54,5)6)39(26-40-53(43,29-67-40)71-33(4)57)69-50(64)66-24-25-72-73-28-37(55-8)47(60)61/h9-23,31-32,37-40,42-43,45,55,65H,24-29H2,1-8H3,(H,56,59)(H,60,61)/t31-,32-,37+,38+,39+,40-,42-,43?,45?,52-,53+,54-/m1/s1. The second kappa shape index (κ2) is 22.4. The van der Waals surface area contributed by atoms with E-state index >= 15 is 4.79 Å². The van der Waals surface area contributed by atoms with Crippen LogP contribution in [0.4, 0.5) is 4.79 Å². The van der Waals surface area contributed by atoms with E-state index in [1.807, 2.05) is 6.07 Å². The molecule has 73 heavy (non-hydrogen) atoms. The number of carboxylic acids is 1. The number of carbonyl (C=O) groups is 7. The molecule has 7 rings (SSSR count). The number of rotatable bonds is 18. The van der Waals surface area contributed by atoms with Crippen molar-refractivity contribution in [2.24, 2.45) is 28.6 Å². The van der Waals surface area contributed by atoms with Gasteiger partial charge in [-0.3, -0.25) is 24.0 Å². The molecular weight excluding hydrogens is 981 g/mol. The van der Waals surface area contributed by atoms with Crippen molar-refractivity contribution in [3.63, 3.8) is 0 Å². The molecule has 17 nitrogen and oxygen atoms in total. The van der Waals surface area contributed by atoms with Gasteiger partial charge in [0.15, 0.2) is 5.60 Å². The number of carbonyl (C=O) groups excluding carboxylic acids is 6. The Bertz CT molecular complexity index is 2580. The van der Waals surface area contributed by atoms with Gasteiger partial charge in [0.1, 0.15) is 48.4 Å². The van der Waals surface area contributed by atoms with Crippen molar-refractivity contribution in [1.82, 2.24) is 10.6 Å². The lowest BCUT2D eigenvalue weighted by atomic mass is 9.43. The highest BCUT2D eigenvalue weighted by molar-refractivity contribution is 8.76. The molecule has 3 fully saturated rings. The van der Waals surface area contributed by atoms with Gasteiger partial charge in [0.05, 0.1) is 35.5 Å². The van der Waals surface area contributed by atoms with Crippen molar-refractivity contribution < 1.29 is 72.2 Å². The van der Waals surface area contributed by atoms with Crippen molar-refractivity contribution in [2.45, 2.75) is 109 Å². The topological polar surface area (TPSA) is 239 Å². The number of fused-ring (bicyclic) bond motifs is 5. The lowest BCUT2D eigenvalue weighted by molar-refractivity contribution is -0.345. The minimum atomic E-state index is -2.24. The number of Topliss-reactive ketones (excluding diaryl/α,β-unsaturated/α-hetero) is 1. The van der Waals surface area contributed by atoms with Gasteiger partial charge in [-0.25, -0.2) is 9.59 Å². The summed E-state index contributed by atoms with van der Waals surface area (Å²) in [5.74, 6) is -7.34. The van der Waals surface area contributed by atoms with Gasteiger partial charge in [-0.15, -0.1) is 0 Å². The number of ketones is 1. The molecule has 19 heteroatoms. The highest BCUT2D eigenvalue weighted by Crippen LogP contribution is 2.65. The van der Waals surface area contributed by atoms with E-state index in [2.05, 4.69) is 10.6 Å².